The average molecular weight is 403 g/mol. The Kier molecular flexibility index (Phi) is 6.24. The molecule has 0 atom stereocenters. The Balaban J connectivity index is 1.63. The van der Waals surface area contributed by atoms with Crippen LogP contribution in [0.25, 0.3) is 6.08 Å². The maximum absolute atomic E-state index is 13.3. The number of hydrogen-bond acceptors (Lipinski definition) is 3. The summed E-state index contributed by atoms with van der Waals surface area (Å²) in [5, 5.41) is 1.63. The summed E-state index contributed by atoms with van der Waals surface area (Å²) >= 11 is 7.68. The molecule has 3 nitrogen and oxygen atoms in total. The zero-order valence-corrected chi connectivity index (χ0v) is 17.3. The number of carbonyl (C=O) groups excluding carboxylic acids is 1. The molecule has 1 amide bonds. The van der Waals surface area contributed by atoms with Crippen LogP contribution >= 0.6 is 23.4 Å². The van der Waals surface area contributed by atoms with Crippen molar-refractivity contribution in [2.24, 2.45) is 4.99 Å². The number of hydrogen-bond donors (Lipinski definition) is 0. The summed E-state index contributed by atoms with van der Waals surface area (Å²) < 4.78 is 0. The normalized spacial score (nSPS) is 25.7. The molecule has 3 fully saturated rings. The average Bonchev–Trinajstić information content (AvgIpc) is 2.98. The van der Waals surface area contributed by atoms with Gasteiger partial charge in [-0.05, 0) is 61.2 Å². The maximum atomic E-state index is 13.3. The third kappa shape index (κ3) is 4.60. The van der Waals surface area contributed by atoms with Crippen LogP contribution in [0.1, 0.15) is 69.8 Å². The topological polar surface area (TPSA) is 32.7 Å². The summed E-state index contributed by atoms with van der Waals surface area (Å²) in [6.07, 6.45) is 14.0. The van der Waals surface area contributed by atoms with Gasteiger partial charge in [0.25, 0.3) is 5.91 Å². The highest BCUT2D eigenvalue weighted by Crippen LogP contribution is 2.38. The number of benzene rings is 1. The first-order valence-corrected chi connectivity index (χ1v) is 11.5. The van der Waals surface area contributed by atoms with Crippen LogP contribution in [-0.4, -0.2) is 28.1 Å². The minimum Gasteiger partial charge on any atom is -0.284 e. The van der Waals surface area contributed by atoms with Crippen molar-refractivity contribution in [3.8, 4) is 0 Å². The van der Waals surface area contributed by atoms with Crippen LogP contribution in [0.15, 0.2) is 34.2 Å². The summed E-state index contributed by atoms with van der Waals surface area (Å²) in [5.41, 5.74) is 0.973. The fourth-order valence-corrected chi connectivity index (χ4v) is 5.66. The fraction of sp³-hybridized carbons (Fsp3) is 0.545. The molecule has 1 aromatic rings. The molecule has 1 aromatic carbocycles. The molecular weight excluding hydrogens is 376 g/mol. The van der Waals surface area contributed by atoms with Crippen LogP contribution in [0.3, 0.4) is 0 Å². The molecule has 0 aromatic heterocycles. The zero-order valence-electron chi connectivity index (χ0n) is 15.7. The van der Waals surface area contributed by atoms with E-state index >= 15 is 0 Å². The second-order valence-electron chi connectivity index (χ2n) is 7.84. The van der Waals surface area contributed by atoms with Crippen molar-refractivity contribution >= 4 is 40.5 Å². The van der Waals surface area contributed by atoms with E-state index in [-0.39, 0.29) is 5.91 Å². The molecule has 0 N–H and O–H groups in total. The number of nitrogens with zero attached hydrogens (tertiary/aromatic N) is 2. The monoisotopic (exact) mass is 402 g/mol. The largest absolute Gasteiger partial charge is 0.284 e. The molecule has 3 aliphatic rings. The predicted octanol–water partition coefficient (Wildman–Crippen LogP) is 6.28. The minimum atomic E-state index is 0.126. The van der Waals surface area contributed by atoms with E-state index in [0.717, 1.165) is 41.3 Å². The SMILES string of the molecule is O=C1C(=Cc2cccc(Cl)c2)SC(=NC2CCCCC2)N1C1CCCCC1. The van der Waals surface area contributed by atoms with Crippen LogP contribution in [0.5, 0.6) is 0 Å². The van der Waals surface area contributed by atoms with Crippen LogP contribution < -0.4 is 0 Å². The molecule has 2 saturated carbocycles. The van der Waals surface area contributed by atoms with E-state index in [9.17, 15) is 4.79 Å². The van der Waals surface area contributed by atoms with E-state index in [2.05, 4.69) is 0 Å². The van der Waals surface area contributed by atoms with Gasteiger partial charge in [0.1, 0.15) is 0 Å². The van der Waals surface area contributed by atoms with Gasteiger partial charge in [0, 0.05) is 11.1 Å². The minimum absolute atomic E-state index is 0.126. The number of thioether (sulfide) groups is 1. The lowest BCUT2D eigenvalue weighted by atomic mass is 9.94. The number of aliphatic imine (C=N–C) groups is 1. The maximum Gasteiger partial charge on any atom is 0.266 e. The molecule has 144 valence electrons. The number of amidine groups is 1. The first-order chi connectivity index (χ1) is 13.2. The summed E-state index contributed by atoms with van der Waals surface area (Å²) in [7, 11) is 0. The van der Waals surface area contributed by atoms with Gasteiger partial charge in [-0.1, -0.05) is 62.3 Å². The highest BCUT2D eigenvalue weighted by Gasteiger charge is 2.39. The van der Waals surface area contributed by atoms with Gasteiger partial charge in [-0.25, -0.2) is 0 Å². The van der Waals surface area contributed by atoms with E-state index in [1.54, 1.807) is 11.8 Å². The molecule has 2 aliphatic carbocycles. The lowest BCUT2D eigenvalue weighted by Crippen LogP contribution is -2.41. The second kappa shape index (κ2) is 8.83. The van der Waals surface area contributed by atoms with Crippen molar-refractivity contribution in [1.82, 2.24) is 4.90 Å². The first-order valence-electron chi connectivity index (χ1n) is 10.3. The van der Waals surface area contributed by atoms with E-state index in [1.807, 2.05) is 35.2 Å². The third-order valence-electron chi connectivity index (χ3n) is 5.79. The Hall–Kier alpha value is -1.26. The van der Waals surface area contributed by atoms with Gasteiger partial charge in [-0.2, -0.15) is 0 Å². The van der Waals surface area contributed by atoms with Crippen molar-refractivity contribution in [1.29, 1.82) is 0 Å². The molecule has 4 rings (SSSR count). The highest BCUT2D eigenvalue weighted by molar-refractivity contribution is 8.18. The predicted molar refractivity (Wildman–Crippen MR) is 115 cm³/mol. The second-order valence-corrected chi connectivity index (χ2v) is 9.28. The number of halogens is 1. The van der Waals surface area contributed by atoms with E-state index in [4.69, 9.17) is 16.6 Å². The molecule has 5 heteroatoms. The molecule has 1 heterocycles. The van der Waals surface area contributed by atoms with Crippen LogP contribution in [0.4, 0.5) is 0 Å². The van der Waals surface area contributed by atoms with Crippen molar-refractivity contribution in [3.05, 3.63) is 39.8 Å². The Morgan fingerprint density at radius 2 is 1.74 bits per heavy atom. The van der Waals surface area contributed by atoms with Crippen molar-refractivity contribution in [3.63, 3.8) is 0 Å². The van der Waals surface area contributed by atoms with Crippen molar-refractivity contribution < 1.29 is 4.79 Å². The van der Waals surface area contributed by atoms with Gasteiger partial charge in [-0.3, -0.25) is 14.7 Å². The Morgan fingerprint density at radius 3 is 2.44 bits per heavy atom. The standard InChI is InChI=1S/C22H27ClN2OS/c23-17-9-7-8-16(14-17)15-20-21(26)25(19-12-5-2-6-13-19)22(27-20)24-18-10-3-1-4-11-18/h7-9,14-15,18-19H,1-6,10-13H2. The van der Waals surface area contributed by atoms with Gasteiger partial charge < -0.3 is 0 Å². The molecule has 1 saturated heterocycles. The summed E-state index contributed by atoms with van der Waals surface area (Å²) in [5.74, 6) is 0.126. The van der Waals surface area contributed by atoms with E-state index in [1.165, 1.54) is 38.5 Å². The van der Waals surface area contributed by atoms with Gasteiger partial charge in [0.05, 0.1) is 10.9 Å². The molecule has 0 bridgehead atoms. The van der Waals surface area contributed by atoms with Crippen LogP contribution in [0.2, 0.25) is 5.02 Å². The molecule has 0 spiro atoms. The summed E-state index contributed by atoms with van der Waals surface area (Å²) in [6.45, 7) is 0. The number of amides is 1. The van der Waals surface area contributed by atoms with Crippen LogP contribution in [-0.2, 0) is 4.79 Å². The molecule has 0 unspecified atom stereocenters. The van der Waals surface area contributed by atoms with Gasteiger partial charge in [0.2, 0.25) is 0 Å². The molecular formula is C22H27ClN2OS. The summed E-state index contributed by atoms with van der Waals surface area (Å²) in [6, 6.07) is 8.38. The zero-order chi connectivity index (χ0) is 18.6. The molecule has 0 radical (unpaired) electrons. The first kappa shape index (κ1) is 19.1. The quantitative estimate of drug-likeness (QED) is 0.557. The van der Waals surface area contributed by atoms with Crippen molar-refractivity contribution in [2.45, 2.75) is 76.3 Å². The van der Waals surface area contributed by atoms with Crippen LogP contribution in [0, 0.1) is 0 Å². The van der Waals surface area contributed by atoms with E-state index < -0.39 is 0 Å². The highest BCUT2D eigenvalue weighted by atomic mass is 35.5. The van der Waals surface area contributed by atoms with Crippen molar-refractivity contribution in [2.75, 3.05) is 0 Å². The Labute approximate surface area is 171 Å². The third-order valence-corrected chi connectivity index (χ3v) is 7.02. The van der Waals surface area contributed by atoms with E-state index in [0.29, 0.717) is 17.1 Å². The lowest BCUT2D eigenvalue weighted by molar-refractivity contribution is -0.124. The fourth-order valence-electron chi connectivity index (χ4n) is 4.35. The van der Waals surface area contributed by atoms with Gasteiger partial charge >= 0.3 is 0 Å². The Morgan fingerprint density at radius 1 is 1.04 bits per heavy atom. The van der Waals surface area contributed by atoms with Gasteiger partial charge in [-0.15, -0.1) is 0 Å². The van der Waals surface area contributed by atoms with Gasteiger partial charge in [0.15, 0.2) is 5.17 Å². The number of rotatable bonds is 3. The molecule has 27 heavy (non-hydrogen) atoms. The number of carbonyl (C=O) groups is 1. The molecule has 1 aliphatic heterocycles. The smallest absolute Gasteiger partial charge is 0.266 e. The Bertz CT molecular complexity index is 748. The summed E-state index contributed by atoms with van der Waals surface area (Å²) in [4.78, 5) is 21.1. The lowest BCUT2D eigenvalue weighted by Gasteiger charge is -2.31.